The predicted octanol–water partition coefficient (Wildman–Crippen LogP) is -0.0218. The molecule has 1 amide bonds. The number of methoxy groups -OCH3 is 1. The minimum Gasteiger partial charge on any atom is -0.468 e. The number of nitrogens with two attached hydrogens (primary N) is 1. The summed E-state index contributed by atoms with van der Waals surface area (Å²) >= 11 is 1.33. The molecule has 0 bridgehead atoms. The Morgan fingerprint density at radius 2 is 2.40 bits per heavy atom. The molecule has 0 aliphatic heterocycles. The molecular formula is C9H12N2O3S. The van der Waals surface area contributed by atoms with Crippen molar-refractivity contribution in [1.29, 1.82) is 0 Å². The van der Waals surface area contributed by atoms with Gasteiger partial charge in [0.25, 0.3) is 5.91 Å². The average molecular weight is 228 g/mol. The number of hydrogen-bond acceptors (Lipinski definition) is 5. The largest absolute Gasteiger partial charge is 0.468 e. The summed E-state index contributed by atoms with van der Waals surface area (Å²) in [5.74, 6) is -0.772. The Balaban J connectivity index is 2.38. The van der Waals surface area contributed by atoms with Gasteiger partial charge >= 0.3 is 5.97 Å². The zero-order valence-electron chi connectivity index (χ0n) is 8.23. The quantitative estimate of drug-likeness (QED) is 0.709. The first-order valence-corrected chi connectivity index (χ1v) is 5.18. The van der Waals surface area contributed by atoms with Crippen LogP contribution in [-0.2, 0) is 9.53 Å². The molecule has 1 rings (SSSR count). The second kappa shape index (κ2) is 5.47. The monoisotopic (exact) mass is 228 g/mol. The van der Waals surface area contributed by atoms with Crippen LogP contribution in [0.1, 0.15) is 9.67 Å². The normalized spacial score (nSPS) is 11.9. The maximum absolute atomic E-state index is 11.4. The van der Waals surface area contributed by atoms with Crippen LogP contribution >= 0.6 is 11.3 Å². The zero-order valence-corrected chi connectivity index (χ0v) is 9.04. The third kappa shape index (κ3) is 3.34. The van der Waals surface area contributed by atoms with E-state index in [1.165, 1.54) is 18.4 Å². The number of thiophene rings is 1. The molecule has 0 spiro atoms. The molecule has 15 heavy (non-hydrogen) atoms. The van der Waals surface area contributed by atoms with Crippen LogP contribution in [0.4, 0.5) is 0 Å². The van der Waals surface area contributed by atoms with Crippen LogP contribution < -0.4 is 11.1 Å². The van der Waals surface area contributed by atoms with E-state index >= 15 is 0 Å². The van der Waals surface area contributed by atoms with Crippen molar-refractivity contribution in [2.75, 3.05) is 13.7 Å². The van der Waals surface area contributed by atoms with Crippen molar-refractivity contribution in [2.45, 2.75) is 6.04 Å². The van der Waals surface area contributed by atoms with Crippen LogP contribution in [0.3, 0.4) is 0 Å². The van der Waals surface area contributed by atoms with E-state index in [9.17, 15) is 9.59 Å². The van der Waals surface area contributed by atoms with E-state index in [-0.39, 0.29) is 12.5 Å². The minimum atomic E-state index is -0.820. The summed E-state index contributed by atoms with van der Waals surface area (Å²) in [5, 5.41) is 4.35. The van der Waals surface area contributed by atoms with Crippen LogP contribution in [-0.4, -0.2) is 31.6 Å². The first kappa shape index (κ1) is 11.7. The van der Waals surface area contributed by atoms with Crippen molar-refractivity contribution in [1.82, 2.24) is 5.32 Å². The number of rotatable bonds is 4. The van der Waals surface area contributed by atoms with E-state index in [1.807, 2.05) is 0 Å². The molecule has 1 aromatic rings. The highest BCUT2D eigenvalue weighted by Gasteiger charge is 2.15. The van der Waals surface area contributed by atoms with E-state index in [0.717, 1.165) is 0 Å². The molecule has 5 nitrogen and oxygen atoms in total. The van der Waals surface area contributed by atoms with Gasteiger partial charge in [0, 0.05) is 6.54 Å². The second-order valence-corrected chi connectivity index (χ2v) is 3.76. The SMILES string of the molecule is COC(=O)C(N)CNC(=O)c1cccs1. The number of esters is 1. The maximum Gasteiger partial charge on any atom is 0.324 e. The van der Waals surface area contributed by atoms with Crippen molar-refractivity contribution in [2.24, 2.45) is 5.73 Å². The molecule has 0 fully saturated rings. The molecular weight excluding hydrogens is 216 g/mol. The number of carbonyl (C=O) groups excluding carboxylic acids is 2. The Hall–Kier alpha value is -1.40. The van der Waals surface area contributed by atoms with Gasteiger partial charge in [-0.15, -0.1) is 11.3 Å². The Bertz CT molecular complexity index is 337. The van der Waals surface area contributed by atoms with Crippen molar-refractivity contribution in [3.8, 4) is 0 Å². The average Bonchev–Trinajstić information content (AvgIpc) is 2.77. The predicted molar refractivity (Wildman–Crippen MR) is 56.6 cm³/mol. The van der Waals surface area contributed by atoms with Gasteiger partial charge in [-0.3, -0.25) is 9.59 Å². The van der Waals surface area contributed by atoms with Gasteiger partial charge in [-0.2, -0.15) is 0 Å². The van der Waals surface area contributed by atoms with Gasteiger partial charge in [0.05, 0.1) is 12.0 Å². The number of nitrogens with one attached hydrogen (secondary N) is 1. The molecule has 0 aromatic carbocycles. The first-order chi connectivity index (χ1) is 7.15. The molecule has 0 aliphatic rings. The fourth-order valence-electron chi connectivity index (χ4n) is 0.932. The topological polar surface area (TPSA) is 81.4 Å². The first-order valence-electron chi connectivity index (χ1n) is 4.30. The smallest absolute Gasteiger partial charge is 0.324 e. The Labute approximate surface area is 91.2 Å². The minimum absolute atomic E-state index is 0.0728. The lowest BCUT2D eigenvalue weighted by Crippen LogP contribution is -2.42. The van der Waals surface area contributed by atoms with Crippen LogP contribution in [0.5, 0.6) is 0 Å². The summed E-state index contributed by atoms with van der Waals surface area (Å²) in [6, 6.07) is 2.66. The van der Waals surface area contributed by atoms with Gasteiger partial charge in [0.2, 0.25) is 0 Å². The highest BCUT2D eigenvalue weighted by molar-refractivity contribution is 7.12. The maximum atomic E-state index is 11.4. The Morgan fingerprint density at radius 1 is 1.67 bits per heavy atom. The van der Waals surface area contributed by atoms with E-state index in [0.29, 0.717) is 4.88 Å². The lowest BCUT2D eigenvalue weighted by molar-refractivity contribution is -0.141. The van der Waals surface area contributed by atoms with Crippen molar-refractivity contribution in [3.05, 3.63) is 22.4 Å². The van der Waals surface area contributed by atoms with Crippen molar-refractivity contribution in [3.63, 3.8) is 0 Å². The lowest BCUT2D eigenvalue weighted by atomic mass is 10.3. The number of amides is 1. The molecule has 0 saturated heterocycles. The van der Waals surface area contributed by atoms with Crippen LogP contribution in [0.2, 0.25) is 0 Å². The molecule has 1 aromatic heterocycles. The molecule has 3 N–H and O–H groups in total. The standard InChI is InChI=1S/C9H12N2O3S/c1-14-9(13)6(10)5-11-8(12)7-3-2-4-15-7/h2-4,6H,5,10H2,1H3,(H,11,12). The van der Waals surface area contributed by atoms with Gasteiger partial charge < -0.3 is 15.8 Å². The zero-order chi connectivity index (χ0) is 11.3. The third-order valence-corrected chi connectivity index (χ3v) is 2.60. The summed E-state index contributed by atoms with van der Waals surface area (Å²) < 4.78 is 4.42. The second-order valence-electron chi connectivity index (χ2n) is 2.82. The van der Waals surface area contributed by atoms with E-state index in [1.54, 1.807) is 17.5 Å². The number of carbonyl (C=O) groups is 2. The molecule has 1 unspecified atom stereocenters. The van der Waals surface area contributed by atoms with Gasteiger partial charge in [-0.25, -0.2) is 0 Å². The van der Waals surface area contributed by atoms with Gasteiger partial charge in [0.1, 0.15) is 6.04 Å². The molecule has 6 heteroatoms. The van der Waals surface area contributed by atoms with Crippen LogP contribution in [0.15, 0.2) is 17.5 Å². The molecule has 0 radical (unpaired) electrons. The van der Waals surface area contributed by atoms with Gasteiger partial charge in [-0.1, -0.05) is 6.07 Å². The fourth-order valence-corrected chi connectivity index (χ4v) is 1.57. The number of hydrogen-bond donors (Lipinski definition) is 2. The van der Waals surface area contributed by atoms with Gasteiger partial charge in [0.15, 0.2) is 0 Å². The summed E-state index contributed by atoms with van der Waals surface area (Å²) in [6.07, 6.45) is 0. The fraction of sp³-hybridized carbons (Fsp3) is 0.333. The van der Waals surface area contributed by atoms with E-state index in [4.69, 9.17) is 5.73 Å². The van der Waals surface area contributed by atoms with Gasteiger partial charge in [-0.05, 0) is 11.4 Å². The molecule has 1 heterocycles. The summed E-state index contributed by atoms with van der Waals surface area (Å²) in [6.45, 7) is 0.0728. The molecule has 0 aliphatic carbocycles. The van der Waals surface area contributed by atoms with Crippen LogP contribution in [0.25, 0.3) is 0 Å². The Morgan fingerprint density at radius 3 is 2.93 bits per heavy atom. The highest BCUT2D eigenvalue weighted by atomic mass is 32.1. The van der Waals surface area contributed by atoms with E-state index in [2.05, 4.69) is 10.1 Å². The van der Waals surface area contributed by atoms with E-state index < -0.39 is 12.0 Å². The number of ether oxygens (including phenoxy) is 1. The summed E-state index contributed by atoms with van der Waals surface area (Å²) in [4.78, 5) is 22.9. The van der Waals surface area contributed by atoms with Crippen molar-refractivity contribution < 1.29 is 14.3 Å². The lowest BCUT2D eigenvalue weighted by Gasteiger charge is -2.09. The molecule has 1 atom stereocenters. The highest BCUT2D eigenvalue weighted by Crippen LogP contribution is 2.07. The molecule has 0 saturated carbocycles. The van der Waals surface area contributed by atoms with Crippen molar-refractivity contribution >= 4 is 23.2 Å². The Kier molecular flexibility index (Phi) is 4.26. The van der Waals surface area contributed by atoms with Crippen LogP contribution in [0, 0.1) is 0 Å². The third-order valence-electron chi connectivity index (χ3n) is 1.73. The summed E-state index contributed by atoms with van der Waals surface area (Å²) in [5.41, 5.74) is 5.44. The molecule has 82 valence electrons. The summed E-state index contributed by atoms with van der Waals surface area (Å²) in [7, 11) is 1.25.